The van der Waals surface area contributed by atoms with Crippen LogP contribution in [0, 0.1) is 5.92 Å². The molecule has 1 saturated carbocycles. The molecule has 7 nitrogen and oxygen atoms in total. The number of hydrogen-bond donors (Lipinski definition) is 0. The molecule has 1 atom stereocenters. The van der Waals surface area contributed by atoms with Gasteiger partial charge in [-0.05, 0) is 43.7 Å². The van der Waals surface area contributed by atoms with Crippen molar-refractivity contribution in [2.24, 2.45) is 5.92 Å². The predicted octanol–water partition coefficient (Wildman–Crippen LogP) is 3.39. The average Bonchev–Trinajstić information content (AvgIpc) is 3.45. The largest absolute Gasteiger partial charge is 0.459 e. The van der Waals surface area contributed by atoms with Crippen LogP contribution in [-0.2, 0) is 11.2 Å². The minimum absolute atomic E-state index is 0.128. The van der Waals surface area contributed by atoms with E-state index in [9.17, 15) is 4.79 Å². The van der Waals surface area contributed by atoms with Gasteiger partial charge in [0.25, 0.3) is 5.91 Å². The van der Waals surface area contributed by atoms with Crippen LogP contribution in [0.25, 0.3) is 0 Å². The summed E-state index contributed by atoms with van der Waals surface area (Å²) in [4.78, 5) is 18.8. The summed E-state index contributed by atoms with van der Waals surface area (Å²) in [6.07, 6.45) is 9.12. The van der Waals surface area contributed by atoms with E-state index in [4.69, 9.17) is 13.7 Å². The number of amides is 1. The minimum Gasteiger partial charge on any atom is -0.459 e. The van der Waals surface area contributed by atoms with Crippen molar-refractivity contribution in [1.29, 1.82) is 0 Å². The summed E-state index contributed by atoms with van der Waals surface area (Å²) >= 11 is 0. The number of ether oxygens (including phenoxy) is 1. The minimum atomic E-state index is -0.173. The first kappa shape index (κ1) is 17.3. The fraction of sp³-hybridized carbons (Fsp3) is 0.632. The Morgan fingerprint density at radius 1 is 1.27 bits per heavy atom. The first-order valence-corrected chi connectivity index (χ1v) is 9.56. The van der Waals surface area contributed by atoms with Gasteiger partial charge in [0.2, 0.25) is 5.89 Å². The third kappa shape index (κ3) is 3.82. The smallest absolute Gasteiger partial charge is 0.290 e. The van der Waals surface area contributed by atoms with Gasteiger partial charge in [-0.3, -0.25) is 4.79 Å². The molecular formula is C19H25N3O4. The molecule has 2 aromatic rings. The quantitative estimate of drug-likeness (QED) is 0.705. The number of hydrogen-bond acceptors (Lipinski definition) is 6. The van der Waals surface area contributed by atoms with Crippen LogP contribution in [0.5, 0.6) is 0 Å². The monoisotopic (exact) mass is 359 g/mol. The lowest BCUT2D eigenvalue weighted by Crippen LogP contribution is -2.30. The lowest BCUT2D eigenvalue weighted by Gasteiger charge is -2.20. The maximum atomic E-state index is 12.6. The molecule has 0 radical (unpaired) electrons. The molecule has 1 aliphatic carbocycles. The van der Waals surface area contributed by atoms with E-state index < -0.39 is 0 Å². The number of carbonyl (C=O) groups excluding carboxylic acids is 1. The first-order valence-electron chi connectivity index (χ1n) is 9.56. The molecule has 7 heteroatoms. The summed E-state index contributed by atoms with van der Waals surface area (Å²) in [5, 5.41) is 4.06. The molecule has 0 aromatic carbocycles. The summed E-state index contributed by atoms with van der Waals surface area (Å²) < 4.78 is 16.4. The van der Waals surface area contributed by atoms with Gasteiger partial charge in [0, 0.05) is 19.6 Å². The lowest BCUT2D eigenvalue weighted by atomic mass is 10.1. The van der Waals surface area contributed by atoms with Gasteiger partial charge < -0.3 is 18.6 Å². The van der Waals surface area contributed by atoms with Crippen molar-refractivity contribution in [3.05, 3.63) is 35.9 Å². The van der Waals surface area contributed by atoms with Crippen molar-refractivity contribution in [3.8, 4) is 0 Å². The van der Waals surface area contributed by atoms with Gasteiger partial charge in [0.1, 0.15) is 6.04 Å². The Morgan fingerprint density at radius 3 is 2.96 bits per heavy atom. The first-order chi connectivity index (χ1) is 12.8. The van der Waals surface area contributed by atoms with Crippen LogP contribution in [0.3, 0.4) is 0 Å². The Kier molecular flexibility index (Phi) is 5.34. The van der Waals surface area contributed by atoms with E-state index >= 15 is 0 Å². The second kappa shape index (κ2) is 8.03. The number of likely N-dealkylation sites (tertiary alicyclic amines) is 1. The number of carbonyl (C=O) groups is 1. The Hall–Kier alpha value is -2.15. The molecule has 0 spiro atoms. The molecule has 26 heavy (non-hydrogen) atoms. The predicted molar refractivity (Wildman–Crippen MR) is 92.5 cm³/mol. The van der Waals surface area contributed by atoms with E-state index in [1.807, 2.05) is 0 Å². The molecule has 1 saturated heterocycles. The van der Waals surface area contributed by atoms with Gasteiger partial charge in [-0.2, -0.15) is 4.98 Å². The zero-order valence-corrected chi connectivity index (χ0v) is 14.9. The fourth-order valence-electron chi connectivity index (χ4n) is 3.90. The summed E-state index contributed by atoms with van der Waals surface area (Å²) in [5.74, 6) is 2.08. The summed E-state index contributed by atoms with van der Waals surface area (Å²) in [7, 11) is 0. The zero-order valence-electron chi connectivity index (χ0n) is 14.9. The van der Waals surface area contributed by atoms with Gasteiger partial charge >= 0.3 is 0 Å². The second-order valence-corrected chi connectivity index (χ2v) is 7.16. The molecule has 2 fully saturated rings. The lowest BCUT2D eigenvalue weighted by molar-refractivity contribution is 0.0678. The SMILES string of the molecule is O=C(c1ccco1)N1CCCC1c1nc(CCOCC2CCCC2)no1. The van der Waals surface area contributed by atoms with Crippen molar-refractivity contribution < 1.29 is 18.5 Å². The maximum Gasteiger partial charge on any atom is 0.290 e. The van der Waals surface area contributed by atoms with Gasteiger partial charge in [-0.15, -0.1) is 0 Å². The van der Waals surface area contributed by atoms with E-state index in [0.717, 1.165) is 25.4 Å². The van der Waals surface area contributed by atoms with E-state index in [0.29, 0.717) is 37.0 Å². The van der Waals surface area contributed by atoms with Crippen LogP contribution >= 0.6 is 0 Å². The molecular weight excluding hydrogens is 334 g/mol. The summed E-state index contributed by atoms with van der Waals surface area (Å²) in [5.41, 5.74) is 0. The third-order valence-corrected chi connectivity index (χ3v) is 5.31. The molecule has 140 valence electrons. The number of furan rings is 1. The highest BCUT2D eigenvalue weighted by molar-refractivity contribution is 5.91. The maximum absolute atomic E-state index is 12.6. The highest BCUT2D eigenvalue weighted by Crippen LogP contribution is 2.32. The molecule has 0 N–H and O–H groups in total. The van der Waals surface area contributed by atoms with Gasteiger partial charge in [-0.25, -0.2) is 0 Å². The number of aromatic nitrogens is 2. The molecule has 1 amide bonds. The number of nitrogens with zero attached hydrogens (tertiary/aromatic N) is 3. The Balaban J connectivity index is 1.31. The highest BCUT2D eigenvalue weighted by atomic mass is 16.5. The van der Waals surface area contributed by atoms with E-state index in [1.54, 1.807) is 17.0 Å². The Morgan fingerprint density at radius 2 is 2.15 bits per heavy atom. The fourth-order valence-corrected chi connectivity index (χ4v) is 3.90. The molecule has 0 bridgehead atoms. The Bertz CT molecular complexity index is 706. The van der Waals surface area contributed by atoms with Crippen molar-refractivity contribution in [2.75, 3.05) is 19.8 Å². The Labute approximate surface area is 152 Å². The van der Waals surface area contributed by atoms with Crippen LogP contribution in [0.1, 0.15) is 66.8 Å². The highest BCUT2D eigenvalue weighted by Gasteiger charge is 2.35. The normalized spacial score (nSPS) is 20.9. The van der Waals surface area contributed by atoms with Crippen molar-refractivity contribution in [3.63, 3.8) is 0 Å². The third-order valence-electron chi connectivity index (χ3n) is 5.31. The van der Waals surface area contributed by atoms with Crippen molar-refractivity contribution in [2.45, 2.75) is 51.0 Å². The summed E-state index contributed by atoms with van der Waals surface area (Å²) in [6, 6.07) is 3.22. The van der Waals surface area contributed by atoms with Crippen molar-refractivity contribution in [1.82, 2.24) is 15.0 Å². The van der Waals surface area contributed by atoms with Crippen LogP contribution < -0.4 is 0 Å². The summed E-state index contributed by atoms with van der Waals surface area (Å²) in [6.45, 7) is 2.11. The van der Waals surface area contributed by atoms with Crippen LogP contribution in [0.15, 0.2) is 27.3 Å². The van der Waals surface area contributed by atoms with Crippen LogP contribution in [0.4, 0.5) is 0 Å². The van der Waals surface area contributed by atoms with E-state index in [-0.39, 0.29) is 11.9 Å². The average molecular weight is 359 g/mol. The molecule has 4 rings (SSSR count). The number of rotatable bonds is 7. The molecule has 1 unspecified atom stereocenters. The van der Waals surface area contributed by atoms with E-state index in [1.165, 1.54) is 31.9 Å². The van der Waals surface area contributed by atoms with Gasteiger partial charge in [0.05, 0.1) is 12.9 Å². The molecule has 3 heterocycles. The zero-order chi connectivity index (χ0) is 17.8. The van der Waals surface area contributed by atoms with E-state index in [2.05, 4.69) is 10.1 Å². The topological polar surface area (TPSA) is 81.6 Å². The van der Waals surface area contributed by atoms with Crippen molar-refractivity contribution >= 4 is 5.91 Å². The molecule has 2 aliphatic rings. The van der Waals surface area contributed by atoms with Crippen LogP contribution in [-0.4, -0.2) is 40.7 Å². The molecule has 1 aliphatic heterocycles. The second-order valence-electron chi connectivity index (χ2n) is 7.16. The molecule has 2 aromatic heterocycles. The van der Waals surface area contributed by atoms with Crippen LogP contribution in [0.2, 0.25) is 0 Å². The standard InChI is InChI=1S/C19H25N3O4/c23-19(16-8-4-11-25-16)22-10-3-7-15(22)18-20-17(21-26-18)9-12-24-13-14-5-1-2-6-14/h4,8,11,14-15H,1-3,5-7,9-10,12-13H2. The van der Waals surface area contributed by atoms with Gasteiger partial charge in [-0.1, -0.05) is 18.0 Å². The van der Waals surface area contributed by atoms with Gasteiger partial charge in [0.15, 0.2) is 11.6 Å².